The van der Waals surface area contributed by atoms with Gasteiger partial charge in [-0.2, -0.15) is 9.61 Å². The van der Waals surface area contributed by atoms with Gasteiger partial charge in [0.15, 0.2) is 0 Å². The number of halogens is 1. The number of aliphatic hydroxyl groups excluding tert-OH is 1. The molecule has 194 valence electrons. The molecule has 7 rings (SSSR count). The van der Waals surface area contributed by atoms with Crippen LogP contribution in [0.3, 0.4) is 0 Å². The van der Waals surface area contributed by atoms with Gasteiger partial charge in [-0.3, -0.25) is 9.78 Å². The largest absolute Gasteiger partial charge is 0.393 e. The van der Waals surface area contributed by atoms with Gasteiger partial charge < -0.3 is 10.4 Å². The number of nitrogens with zero attached hydrogens (tertiary/aromatic N) is 5. The number of hydrogen-bond donors (Lipinski definition) is 2. The Bertz CT molecular complexity index is 1770. The Labute approximate surface area is 223 Å². The molecule has 2 aliphatic carbocycles. The minimum absolute atomic E-state index is 0.0193. The summed E-state index contributed by atoms with van der Waals surface area (Å²) in [7, 11) is 0. The Morgan fingerprint density at radius 3 is 2.62 bits per heavy atom. The zero-order chi connectivity index (χ0) is 26.6. The molecule has 1 fully saturated rings. The number of fused-ring (bicyclic) bond motifs is 2. The fraction of sp³-hybridized carbons (Fsp3) is 0.233. The van der Waals surface area contributed by atoms with Crippen molar-refractivity contribution in [3.8, 4) is 11.3 Å². The molecule has 0 atom stereocenters. The first-order chi connectivity index (χ1) is 19.0. The van der Waals surface area contributed by atoms with Crippen molar-refractivity contribution in [1.29, 1.82) is 0 Å². The van der Waals surface area contributed by atoms with E-state index in [1.807, 2.05) is 18.2 Å². The van der Waals surface area contributed by atoms with Gasteiger partial charge in [-0.05, 0) is 61.6 Å². The molecule has 39 heavy (non-hydrogen) atoms. The number of amides is 1. The van der Waals surface area contributed by atoms with Gasteiger partial charge in [-0.15, -0.1) is 0 Å². The summed E-state index contributed by atoms with van der Waals surface area (Å²) in [5.74, 6) is -0.636. The van der Waals surface area contributed by atoms with Crippen molar-refractivity contribution in [3.63, 3.8) is 0 Å². The van der Waals surface area contributed by atoms with E-state index in [0.29, 0.717) is 42.7 Å². The summed E-state index contributed by atoms with van der Waals surface area (Å²) < 4.78 is 16.8. The normalized spacial score (nSPS) is 19.8. The number of aromatic nitrogens is 5. The maximum atomic E-state index is 15.1. The molecule has 9 heteroatoms. The van der Waals surface area contributed by atoms with E-state index in [9.17, 15) is 9.90 Å². The molecular weight excluding hydrogens is 495 g/mol. The van der Waals surface area contributed by atoms with Crippen LogP contribution >= 0.6 is 0 Å². The number of carbonyl (C=O) groups excluding carboxylic acids is 1. The van der Waals surface area contributed by atoms with Crippen LogP contribution in [0.2, 0.25) is 0 Å². The van der Waals surface area contributed by atoms with Gasteiger partial charge in [0.1, 0.15) is 11.5 Å². The third-order valence-electron chi connectivity index (χ3n) is 7.78. The molecule has 2 N–H and O–H groups in total. The molecular formula is C30H25FN6O2. The summed E-state index contributed by atoms with van der Waals surface area (Å²) in [5.41, 5.74) is 3.33. The lowest BCUT2D eigenvalue weighted by atomic mass is 9.89. The lowest BCUT2D eigenvalue weighted by Gasteiger charge is -2.26. The van der Waals surface area contributed by atoms with E-state index in [1.54, 1.807) is 29.2 Å². The van der Waals surface area contributed by atoms with E-state index in [1.165, 1.54) is 12.1 Å². The highest BCUT2D eigenvalue weighted by Crippen LogP contribution is 2.45. The second-order valence-electron chi connectivity index (χ2n) is 10.3. The molecule has 0 saturated heterocycles. The number of rotatable bonds is 5. The maximum Gasteiger partial charge on any atom is 0.254 e. The van der Waals surface area contributed by atoms with Crippen LogP contribution < -0.4 is 5.32 Å². The van der Waals surface area contributed by atoms with Gasteiger partial charge in [0, 0.05) is 23.2 Å². The maximum absolute atomic E-state index is 15.1. The molecule has 3 heterocycles. The number of allylic oxidation sites excluding steroid dienone is 2. The van der Waals surface area contributed by atoms with Gasteiger partial charge in [0.25, 0.3) is 11.7 Å². The molecule has 2 aromatic carbocycles. The smallest absolute Gasteiger partial charge is 0.254 e. The average Bonchev–Trinajstić information content (AvgIpc) is 3.65. The van der Waals surface area contributed by atoms with Crippen molar-refractivity contribution in [2.75, 3.05) is 0 Å². The lowest BCUT2D eigenvalue weighted by Crippen LogP contribution is -2.38. The zero-order valence-electron chi connectivity index (χ0n) is 21.0. The van der Waals surface area contributed by atoms with Gasteiger partial charge in [-0.25, -0.2) is 14.4 Å². The Morgan fingerprint density at radius 2 is 1.82 bits per heavy atom. The van der Waals surface area contributed by atoms with Crippen LogP contribution in [-0.4, -0.2) is 47.7 Å². The molecule has 5 aromatic rings. The van der Waals surface area contributed by atoms with Crippen molar-refractivity contribution in [1.82, 2.24) is 29.9 Å². The lowest BCUT2D eigenvalue weighted by molar-refractivity contribution is 0.0864. The first-order valence-electron chi connectivity index (χ1n) is 13.1. The summed E-state index contributed by atoms with van der Waals surface area (Å²) in [6, 6.07) is 14.5. The van der Waals surface area contributed by atoms with Crippen molar-refractivity contribution in [3.05, 3.63) is 102 Å². The minimum atomic E-state index is -0.626. The molecule has 8 nitrogen and oxygen atoms in total. The number of pyridine rings is 1. The second-order valence-corrected chi connectivity index (χ2v) is 10.3. The predicted molar refractivity (Wildman–Crippen MR) is 144 cm³/mol. The Hall–Kier alpha value is -4.50. The Morgan fingerprint density at radius 1 is 1.00 bits per heavy atom. The van der Waals surface area contributed by atoms with E-state index in [2.05, 4.69) is 44.6 Å². The van der Waals surface area contributed by atoms with E-state index < -0.39 is 17.1 Å². The first kappa shape index (κ1) is 23.6. The fourth-order valence-electron chi connectivity index (χ4n) is 5.46. The second kappa shape index (κ2) is 9.06. The van der Waals surface area contributed by atoms with Crippen LogP contribution in [0.4, 0.5) is 4.39 Å². The number of aliphatic hydroxyl groups is 1. The van der Waals surface area contributed by atoms with Crippen LogP contribution in [-0.2, 0) is 5.41 Å². The molecule has 1 saturated carbocycles. The van der Waals surface area contributed by atoms with Crippen molar-refractivity contribution < 1.29 is 14.3 Å². The summed E-state index contributed by atoms with van der Waals surface area (Å²) in [5, 5.41) is 18.4. The number of benzene rings is 2. The molecule has 3 aromatic heterocycles. The van der Waals surface area contributed by atoms with Crippen LogP contribution in [0.5, 0.6) is 0 Å². The van der Waals surface area contributed by atoms with Gasteiger partial charge in [0.2, 0.25) is 0 Å². The molecule has 1 amide bonds. The van der Waals surface area contributed by atoms with Crippen LogP contribution in [0, 0.1) is 5.82 Å². The van der Waals surface area contributed by atoms with E-state index in [0.717, 1.165) is 22.2 Å². The van der Waals surface area contributed by atoms with Gasteiger partial charge in [0.05, 0.1) is 40.7 Å². The van der Waals surface area contributed by atoms with Crippen LogP contribution in [0.25, 0.3) is 27.9 Å². The Balaban J connectivity index is 1.18. The quantitative estimate of drug-likeness (QED) is 0.334. The molecule has 0 aliphatic heterocycles. The monoisotopic (exact) mass is 520 g/mol. The predicted octanol–water partition coefficient (Wildman–Crippen LogP) is 4.37. The van der Waals surface area contributed by atoms with E-state index >= 15 is 4.39 Å². The summed E-state index contributed by atoms with van der Waals surface area (Å²) in [4.78, 5) is 26.1. The third-order valence-corrected chi connectivity index (χ3v) is 7.78. The molecule has 0 radical (unpaired) electrons. The van der Waals surface area contributed by atoms with Gasteiger partial charge >= 0.3 is 0 Å². The highest BCUT2D eigenvalue weighted by atomic mass is 19.1. The number of nitrogens with one attached hydrogen (secondary N) is 1. The van der Waals surface area contributed by atoms with Gasteiger partial charge in [-0.1, -0.05) is 30.4 Å². The van der Waals surface area contributed by atoms with E-state index in [-0.39, 0.29) is 17.7 Å². The van der Waals surface area contributed by atoms with Crippen LogP contribution in [0.1, 0.15) is 47.3 Å². The minimum Gasteiger partial charge on any atom is -0.393 e. The van der Waals surface area contributed by atoms with Crippen LogP contribution in [0.15, 0.2) is 79.3 Å². The SMILES string of the molecule is O=C(NC1CCC(O)CC1)c1ccc(-c2cnc3ncc(C4(c5ccc6ncccc6c5)C=C4)n3n2)cc1F. The van der Waals surface area contributed by atoms with Crippen molar-refractivity contribution in [2.45, 2.75) is 43.2 Å². The zero-order valence-corrected chi connectivity index (χ0v) is 21.0. The average molecular weight is 521 g/mol. The fourth-order valence-corrected chi connectivity index (χ4v) is 5.46. The van der Waals surface area contributed by atoms with E-state index in [4.69, 9.17) is 5.10 Å². The standard InChI is InChI=1S/C30H25FN6O2/c31-24-15-19(3-9-23(24)28(39)35-21-5-7-22(38)8-6-21)26-16-33-29-34-17-27(37(29)36-26)30(11-12-30)20-4-10-25-18(14-20)2-1-13-32-25/h1-4,9-17,21-22,38H,5-8H2,(H,35,39). The molecule has 0 spiro atoms. The molecule has 0 bridgehead atoms. The molecule has 0 unspecified atom stereocenters. The number of hydrogen-bond acceptors (Lipinski definition) is 6. The van der Waals surface area contributed by atoms with Crippen molar-refractivity contribution in [2.24, 2.45) is 0 Å². The van der Waals surface area contributed by atoms with Crippen molar-refractivity contribution >= 4 is 22.6 Å². The highest BCUT2D eigenvalue weighted by molar-refractivity contribution is 5.95. The molecule has 2 aliphatic rings. The topological polar surface area (TPSA) is 105 Å². The first-order valence-corrected chi connectivity index (χ1v) is 13.1. The third kappa shape index (κ3) is 4.15. The highest BCUT2D eigenvalue weighted by Gasteiger charge is 2.41. The number of imidazole rings is 1. The summed E-state index contributed by atoms with van der Waals surface area (Å²) in [6.07, 6.45) is 11.6. The Kier molecular flexibility index (Phi) is 5.48. The summed E-state index contributed by atoms with van der Waals surface area (Å²) in [6.45, 7) is 0. The number of carbonyl (C=O) groups is 1. The summed E-state index contributed by atoms with van der Waals surface area (Å²) >= 11 is 0.